The Balaban J connectivity index is 1.90. The van der Waals surface area contributed by atoms with Crippen LogP contribution in [0.3, 0.4) is 0 Å². The molecule has 1 aliphatic rings. The fourth-order valence-corrected chi connectivity index (χ4v) is 4.34. The molecule has 0 amide bonds. The molecule has 3 nitrogen and oxygen atoms in total. The minimum Gasteiger partial charge on any atom is -0.396 e. The second-order valence-corrected chi connectivity index (χ2v) is 8.92. The number of likely N-dealkylation sites (N-methyl/N-ethyl adjacent to an activating group) is 1. The molecule has 0 spiro atoms. The van der Waals surface area contributed by atoms with E-state index in [2.05, 4.69) is 14.0 Å². The first kappa shape index (κ1) is 24.6. The molecule has 27 heavy (non-hydrogen) atoms. The summed E-state index contributed by atoms with van der Waals surface area (Å²) >= 11 is 0. The second kappa shape index (κ2) is 16.5. The van der Waals surface area contributed by atoms with Gasteiger partial charge in [0.25, 0.3) is 0 Å². The summed E-state index contributed by atoms with van der Waals surface area (Å²) in [5.41, 5.74) is 0. The Morgan fingerprint density at radius 2 is 1.26 bits per heavy atom. The molecule has 0 radical (unpaired) electrons. The zero-order valence-electron chi connectivity index (χ0n) is 18.7. The molecule has 0 fully saturated rings. The fourth-order valence-electron chi connectivity index (χ4n) is 4.34. The van der Waals surface area contributed by atoms with Crippen LogP contribution in [0, 0.1) is 0 Å². The predicted octanol–water partition coefficient (Wildman–Crippen LogP) is 6.49. The molecule has 1 N–H and O–H groups in total. The van der Waals surface area contributed by atoms with Gasteiger partial charge in [-0.3, -0.25) is 4.48 Å². The van der Waals surface area contributed by atoms with Crippen molar-refractivity contribution in [2.24, 2.45) is 4.99 Å². The van der Waals surface area contributed by atoms with Crippen LogP contribution in [0.1, 0.15) is 116 Å². The summed E-state index contributed by atoms with van der Waals surface area (Å²) in [6, 6.07) is 0. The summed E-state index contributed by atoms with van der Waals surface area (Å²) in [5, 5.41) is 9.00. The van der Waals surface area contributed by atoms with Crippen molar-refractivity contribution in [3.8, 4) is 0 Å². The van der Waals surface area contributed by atoms with E-state index < -0.39 is 0 Å². The van der Waals surface area contributed by atoms with E-state index in [4.69, 9.17) is 10.1 Å². The van der Waals surface area contributed by atoms with E-state index in [1.165, 1.54) is 109 Å². The number of aliphatic hydroxyl groups excluding tert-OH is 1. The lowest BCUT2D eigenvalue weighted by Crippen LogP contribution is -2.47. The van der Waals surface area contributed by atoms with Gasteiger partial charge >= 0.3 is 0 Å². The van der Waals surface area contributed by atoms with Crippen LogP contribution in [0.2, 0.25) is 0 Å². The van der Waals surface area contributed by atoms with E-state index in [-0.39, 0.29) is 0 Å². The van der Waals surface area contributed by atoms with Crippen LogP contribution in [0.25, 0.3) is 0 Å². The van der Waals surface area contributed by atoms with Gasteiger partial charge in [0, 0.05) is 13.0 Å². The van der Waals surface area contributed by atoms with Crippen molar-refractivity contribution in [3.05, 3.63) is 0 Å². The van der Waals surface area contributed by atoms with Crippen molar-refractivity contribution >= 4 is 5.84 Å². The molecule has 0 aliphatic carbocycles. The van der Waals surface area contributed by atoms with E-state index in [1.807, 2.05) is 0 Å². The maximum atomic E-state index is 9.00. The zero-order valence-corrected chi connectivity index (χ0v) is 18.7. The van der Waals surface area contributed by atoms with Gasteiger partial charge in [-0.05, 0) is 19.3 Å². The molecule has 0 aromatic heterocycles. The van der Waals surface area contributed by atoms with Crippen molar-refractivity contribution in [1.29, 1.82) is 0 Å². The molecule has 0 bridgehead atoms. The third kappa shape index (κ3) is 11.9. The Morgan fingerprint density at radius 1 is 0.741 bits per heavy atom. The van der Waals surface area contributed by atoms with Crippen molar-refractivity contribution in [1.82, 2.24) is 0 Å². The molecule has 1 unspecified atom stereocenters. The van der Waals surface area contributed by atoms with Gasteiger partial charge in [0.1, 0.15) is 6.54 Å². The van der Waals surface area contributed by atoms with E-state index >= 15 is 0 Å². The highest BCUT2D eigenvalue weighted by atomic mass is 16.2. The molecule has 0 aromatic carbocycles. The number of unbranched alkanes of at least 4 members (excludes halogenated alkanes) is 14. The van der Waals surface area contributed by atoms with Gasteiger partial charge in [-0.1, -0.05) is 90.4 Å². The SMILES string of the molecule is CCCCCCCCCCCCCCCCC1=NCC[N+]1(C)CCCCO. The fraction of sp³-hybridized carbons (Fsp3) is 0.958. The molecule has 1 heterocycles. The van der Waals surface area contributed by atoms with E-state index in [1.54, 1.807) is 0 Å². The highest BCUT2D eigenvalue weighted by Gasteiger charge is 2.32. The van der Waals surface area contributed by atoms with Gasteiger partial charge in [-0.2, -0.15) is 0 Å². The third-order valence-corrected chi connectivity index (χ3v) is 6.32. The first-order chi connectivity index (χ1) is 13.2. The highest BCUT2D eigenvalue weighted by molar-refractivity contribution is 5.76. The molecular weight excluding hydrogens is 332 g/mol. The van der Waals surface area contributed by atoms with Gasteiger partial charge in [0.2, 0.25) is 0 Å². The maximum absolute atomic E-state index is 9.00. The Kier molecular flexibility index (Phi) is 15.1. The summed E-state index contributed by atoms with van der Waals surface area (Å²) in [5.74, 6) is 1.42. The summed E-state index contributed by atoms with van der Waals surface area (Å²) in [7, 11) is 2.34. The van der Waals surface area contributed by atoms with Crippen LogP contribution in [0.4, 0.5) is 0 Å². The van der Waals surface area contributed by atoms with Gasteiger partial charge in [-0.15, -0.1) is 0 Å². The van der Waals surface area contributed by atoms with Gasteiger partial charge in [0.05, 0.1) is 20.1 Å². The van der Waals surface area contributed by atoms with Crippen LogP contribution in [0.5, 0.6) is 0 Å². The number of amidine groups is 1. The third-order valence-electron chi connectivity index (χ3n) is 6.32. The van der Waals surface area contributed by atoms with Crippen LogP contribution < -0.4 is 0 Å². The minimum absolute atomic E-state index is 0.325. The molecule has 0 aromatic rings. The minimum atomic E-state index is 0.325. The number of hydrogen-bond acceptors (Lipinski definition) is 2. The maximum Gasteiger partial charge on any atom is 0.198 e. The molecule has 1 aliphatic heterocycles. The molecule has 1 atom stereocenters. The average molecular weight is 382 g/mol. The van der Waals surface area contributed by atoms with Gasteiger partial charge < -0.3 is 5.11 Å². The van der Waals surface area contributed by atoms with Crippen LogP contribution in [-0.4, -0.2) is 48.7 Å². The average Bonchev–Trinajstić information content (AvgIpc) is 3.03. The van der Waals surface area contributed by atoms with Crippen molar-refractivity contribution in [2.75, 3.05) is 33.3 Å². The largest absolute Gasteiger partial charge is 0.396 e. The number of aliphatic hydroxyl groups is 1. The summed E-state index contributed by atoms with van der Waals surface area (Å²) in [4.78, 5) is 4.79. The van der Waals surface area contributed by atoms with Gasteiger partial charge in [0.15, 0.2) is 5.84 Å². The van der Waals surface area contributed by atoms with E-state index in [0.717, 1.165) is 30.4 Å². The van der Waals surface area contributed by atoms with Crippen molar-refractivity contribution in [2.45, 2.75) is 116 Å². The Labute approximate surface area is 170 Å². The monoisotopic (exact) mass is 381 g/mol. The quantitative estimate of drug-likeness (QED) is 0.201. The normalized spacial score (nSPS) is 19.6. The Morgan fingerprint density at radius 3 is 1.78 bits per heavy atom. The van der Waals surface area contributed by atoms with Gasteiger partial charge in [-0.25, -0.2) is 4.99 Å². The lowest BCUT2D eigenvalue weighted by atomic mass is 10.0. The first-order valence-electron chi connectivity index (χ1n) is 12.2. The molecular formula is C24H49N2O+. The molecule has 0 saturated carbocycles. The second-order valence-electron chi connectivity index (χ2n) is 8.92. The predicted molar refractivity (Wildman–Crippen MR) is 119 cm³/mol. The highest BCUT2D eigenvalue weighted by Crippen LogP contribution is 2.19. The number of quaternary nitrogens is 1. The van der Waals surface area contributed by atoms with E-state index in [0.29, 0.717) is 6.61 Å². The lowest BCUT2D eigenvalue weighted by Gasteiger charge is -2.30. The smallest absolute Gasteiger partial charge is 0.198 e. The zero-order chi connectivity index (χ0) is 19.6. The molecule has 0 saturated heterocycles. The molecule has 160 valence electrons. The Hall–Kier alpha value is -0.410. The summed E-state index contributed by atoms with van der Waals surface area (Å²) in [6.45, 7) is 5.94. The van der Waals surface area contributed by atoms with Crippen molar-refractivity contribution in [3.63, 3.8) is 0 Å². The van der Waals surface area contributed by atoms with Crippen LogP contribution in [0.15, 0.2) is 4.99 Å². The summed E-state index contributed by atoms with van der Waals surface area (Å²) in [6.07, 6.45) is 23.1. The lowest BCUT2D eigenvalue weighted by molar-refractivity contribution is -0.815. The summed E-state index contributed by atoms with van der Waals surface area (Å²) < 4.78 is 1.04. The topological polar surface area (TPSA) is 32.6 Å². The number of rotatable bonds is 19. The first-order valence-corrected chi connectivity index (χ1v) is 12.2. The molecule has 1 rings (SSSR count). The standard InChI is InChI=1S/C24H49N2O/c1-3-4-5-6-7-8-9-10-11-12-13-14-15-16-19-24-25-20-22-26(24,2)21-17-18-23-27/h27H,3-23H2,1-2H3/q+1. The number of hydrogen-bond donors (Lipinski definition) is 1. The number of aliphatic imine (C=N–C) groups is 1. The molecule has 3 heteroatoms. The Bertz CT molecular complexity index is 369. The number of nitrogens with zero attached hydrogens (tertiary/aromatic N) is 2. The van der Waals surface area contributed by atoms with Crippen LogP contribution >= 0.6 is 0 Å². The van der Waals surface area contributed by atoms with E-state index in [9.17, 15) is 0 Å². The van der Waals surface area contributed by atoms with Crippen molar-refractivity contribution < 1.29 is 9.59 Å². The van der Waals surface area contributed by atoms with Crippen LogP contribution in [-0.2, 0) is 0 Å².